The fourth-order valence-electron chi connectivity index (χ4n) is 3.20. The third-order valence-corrected chi connectivity index (χ3v) is 4.83. The lowest BCUT2D eigenvalue weighted by Gasteiger charge is -2.30. The topological polar surface area (TPSA) is 45.2 Å². The van der Waals surface area contributed by atoms with Crippen molar-refractivity contribution in [2.24, 2.45) is 5.92 Å². The van der Waals surface area contributed by atoms with Crippen molar-refractivity contribution in [2.45, 2.75) is 33.1 Å². The Kier molecular flexibility index (Phi) is 5.31. The predicted octanol–water partition coefficient (Wildman–Crippen LogP) is 4.71. The molecule has 3 rings (SSSR count). The molecule has 4 nitrogen and oxygen atoms in total. The Bertz CT molecular complexity index is 754. The largest absolute Gasteiger partial charge is 0.325 e. The summed E-state index contributed by atoms with van der Waals surface area (Å²) in [4.78, 5) is 18.3. The van der Waals surface area contributed by atoms with Crippen LogP contribution in [0.25, 0.3) is 11.1 Å². The van der Waals surface area contributed by atoms with Crippen molar-refractivity contribution in [3.8, 4) is 11.1 Å². The number of benzene rings is 1. The zero-order valence-electron chi connectivity index (χ0n) is 14.8. The number of aryl methyl sites for hydroxylation is 1. The molecule has 0 saturated carbocycles. The Labute approximate surface area is 148 Å². The highest BCUT2D eigenvalue weighted by Crippen LogP contribution is 2.28. The fourth-order valence-corrected chi connectivity index (χ4v) is 3.20. The summed E-state index contributed by atoms with van der Waals surface area (Å²) in [7, 11) is 0. The van der Waals surface area contributed by atoms with E-state index in [1.54, 1.807) is 6.20 Å². The van der Waals surface area contributed by atoms with Crippen LogP contribution in [0.1, 0.15) is 32.3 Å². The van der Waals surface area contributed by atoms with Gasteiger partial charge < -0.3 is 10.2 Å². The minimum atomic E-state index is -0.364. The lowest BCUT2D eigenvalue weighted by molar-refractivity contribution is 0.186. The predicted molar refractivity (Wildman–Crippen MR) is 98.0 cm³/mol. The van der Waals surface area contributed by atoms with E-state index in [0.717, 1.165) is 54.7 Å². The summed E-state index contributed by atoms with van der Waals surface area (Å²) in [5.41, 5.74) is 3.44. The molecule has 0 atom stereocenters. The maximum atomic E-state index is 13.5. The molecule has 1 aromatic heterocycles. The molecule has 0 radical (unpaired) electrons. The summed E-state index contributed by atoms with van der Waals surface area (Å²) < 4.78 is 13.5. The van der Waals surface area contributed by atoms with Crippen LogP contribution in [0.5, 0.6) is 0 Å². The summed E-state index contributed by atoms with van der Waals surface area (Å²) in [5, 5.41) is 2.98. The Hall–Kier alpha value is -2.43. The summed E-state index contributed by atoms with van der Waals surface area (Å²) in [6, 6.07) is 7.19. The number of amides is 2. The number of likely N-dealkylation sites (tertiary alicyclic amines) is 1. The number of hydrogen-bond acceptors (Lipinski definition) is 2. The maximum absolute atomic E-state index is 13.5. The molecule has 1 fully saturated rings. The van der Waals surface area contributed by atoms with Gasteiger partial charge in [0, 0.05) is 30.5 Å². The molecule has 1 N–H and O–H groups in total. The van der Waals surface area contributed by atoms with Crippen LogP contribution in [0.15, 0.2) is 36.7 Å². The molecule has 0 bridgehead atoms. The number of hydrogen-bond donors (Lipinski definition) is 1. The molecule has 25 heavy (non-hydrogen) atoms. The van der Waals surface area contributed by atoms with Gasteiger partial charge in [0.15, 0.2) is 0 Å². The number of rotatable bonds is 3. The molecule has 2 heterocycles. The molecule has 1 aliphatic heterocycles. The third-order valence-electron chi connectivity index (χ3n) is 4.83. The Morgan fingerprint density at radius 3 is 2.72 bits per heavy atom. The molecule has 0 spiro atoms. The Balaban J connectivity index is 1.81. The van der Waals surface area contributed by atoms with Crippen LogP contribution >= 0.6 is 0 Å². The number of nitrogens with zero attached hydrogens (tertiary/aromatic N) is 2. The summed E-state index contributed by atoms with van der Waals surface area (Å²) in [6.07, 6.45) is 5.75. The van der Waals surface area contributed by atoms with Crippen molar-refractivity contribution in [1.82, 2.24) is 9.88 Å². The molecular formula is C20H24FN3O. The SMILES string of the molecule is CCc1ccc(NC(=O)N2CCC(C)CC2)cc1-c1cncc(F)c1. The zero-order valence-corrected chi connectivity index (χ0v) is 14.8. The van der Waals surface area contributed by atoms with E-state index in [9.17, 15) is 9.18 Å². The first kappa shape index (κ1) is 17.4. The van der Waals surface area contributed by atoms with E-state index >= 15 is 0 Å². The number of carbonyl (C=O) groups excluding carboxylic acids is 1. The second-order valence-electron chi connectivity index (χ2n) is 6.72. The van der Waals surface area contributed by atoms with E-state index < -0.39 is 0 Å². The molecule has 1 aliphatic rings. The second kappa shape index (κ2) is 7.64. The van der Waals surface area contributed by atoms with Gasteiger partial charge in [0.05, 0.1) is 6.20 Å². The molecule has 132 valence electrons. The molecule has 5 heteroatoms. The van der Waals surface area contributed by atoms with Crippen LogP contribution in [0.2, 0.25) is 0 Å². The molecule has 1 saturated heterocycles. The highest BCUT2D eigenvalue weighted by atomic mass is 19.1. The van der Waals surface area contributed by atoms with Crippen LogP contribution < -0.4 is 5.32 Å². The van der Waals surface area contributed by atoms with Gasteiger partial charge in [0.25, 0.3) is 0 Å². The first-order chi connectivity index (χ1) is 12.1. The van der Waals surface area contributed by atoms with Gasteiger partial charge in [-0.15, -0.1) is 0 Å². The van der Waals surface area contributed by atoms with Gasteiger partial charge in [-0.25, -0.2) is 9.18 Å². The van der Waals surface area contributed by atoms with E-state index in [1.165, 1.54) is 12.3 Å². The summed E-state index contributed by atoms with van der Waals surface area (Å²) >= 11 is 0. The molecule has 2 aromatic rings. The van der Waals surface area contributed by atoms with Crippen molar-refractivity contribution in [3.05, 3.63) is 48.0 Å². The highest BCUT2D eigenvalue weighted by molar-refractivity contribution is 5.90. The monoisotopic (exact) mass is 341 g/mol. The number of halogens is 1. The van der Waals surface area contributed by atoms with E-state index in [0.29, 0.717) is 5.92 Å². The number of urea groups is 1. The van der Waals surface area contributed by atoms with Crippen molar-refractivity contribution >= 4 is 11.7 Å². The molecule has 1 aromatic carbocycles. The highest BCUT2D eigenvalue weighted by Gasteiger charge is 2.20. The quantitative estimate of drug-likeness (QED) is 0.878. The molecule has 0 aliphatic carbocycles. The number of pyridine rings is 1. The van der Waals surface area contributed by atoms with E-state index in [1.807, 2.05) is 23.1 Å². The minimum Gasteiger partial charge on any atom is -0.325 e. The number of carbonyl (C=O) groups is 1. The van der Waals surface area contributed by atoms with E-state index in [4.69, 9.17) is 0 Å². The first-order valence-electron chi connectivity index (χ1n) is 8.86. The maximum Gasteiger partial charge on any atom is 0.321 e. The van der Waals surface area contributed by atoms with Gasteiger partial charge in [-0.2, -0.15) is 0 Å². The van der Waals surface area contributed by atoms with Gasteiger partial charge in [0.2, 0.25) is 0 Å². The standard InChI is InChI=1S/C20H24FN3O/c1-3-15-4-5-18(11-19(15)16-10-17(21)13-22-12-16)23-20(25)24-8-6-14(2)7-9-24/h4-5,10-14H,3,6-9H2,1-2H3,(H,23,25). The van der Waals surface area contributed by atoms with Crippen molar-refractivity contribution < 1.29 is 9.18 Å². The van der Waals surface area contributed by atoms with Crippen LogP contribution in [-0.4, -0.2) is 29.0 Å². The first-order valence-corrected chi connectivity index (χ1v) is 8.86. The van der Waals surface area contributed by atoms with Gasteiger partial charge in [-0.3, -0.25) is 4.98 Å². The Morgan fingerprint density at radius 2 is 2.04 bits per heavy atom. The van der Waals surface area contributed by atoms with Crippen LogP contribution in [0.3, 0.4) is 0 Å². The second-order valence-corrected chi connectivity index (χ2v) is 6.72. The molecular weight excluding hydrogens is 317 g/mol. The molecule has 0 unspecified atom stereocenters. The van der Waals surface area contributed by atoms with Crippen molar-refractivity contribution in [3.63, 3.8) is 0 Å². The average Bonchev–Trinajstić information content (AvgIpc) is 2.62. The van der Waals surface area contributed by atoms with Crippen LogP contribution in [0.4, 0.5) is 14.9 Å². The van der Waals surface area contributed by atoms with E-state index in [-0.39, 0.29) is 11.8 Å². The third kappa shape index (κ3) is 4.16. The van der Waals surface area contributed by atoms with Gasteiger partial charge >= 0.3 is 6.03 Å². The lowest BCUT2D eigenvalue weighted by atomic mass is 9.98. The lowest BCUT2D eigenvalue weighted by Crippen LogP contribution is -2.40. The summed E-state index contributed by atoms with van der Waals surface area (Å²) in [6.45, 7) is 5.86. The minimum absolute atomic E-state index is 0.0699. The number of aromatic nitrogens is 1. The fraction of sp³-hybridized carbons (Fsp3) is 0.400. The van der Waals surface area contributed by atoms with Crippen LogP contribution in [-0.2, 0) is 6.42 Å². The number of piperidine rings is 1. The molecule has 2 amide bonds. The number of anilines is 1. The normalized spacial score (nSPS) is 15.2. The van der Waals surface area contributed by atoms with E-state index in [2.05, 4.69) is 24.1 Å². The zero-order chi connectivity index (χ0) is 17.8. The van der Waals surface area contributed by atoms with Crippen molar-refractivity contribution in [2.75, 3.05) is 18.4 Å². The Morgan fingerprint density at radius 1 is 1.28 bits per heavy atom. The van der Waals surface area contributed by atoms with Gasteiger partial charge in [0.1, 0.15) is 5.82 Å². The number of nitrogens with one attached hydrogen (secondary N) is 1. The van der Waals surface area contributed by atoms with Crippen LogP contribution in [0, 0.1) is 11.7 Å². The average molecular weight is 341 g/mol. The van der Waals surface area contributed by atoms with Crippen molar-refractivity contribution in [1.29, 1.82) is 0 Å². The summed E-state index contributed by atoms with van der Waals surface area (Å²) in [5.74, 6) is 0.316. The smallest absolute Gasteiger partial charge is 0.321 e. The van der Waals surface area contributed by atoms with Gasteiger partial charge in [-0.05, 0) is 54.5 Å². The van der Waals surface area contributed by atoms with Gasteiger partial charge in [-0.1, -0.05) is 19.9 Å².